The molecule has 0 atom stereocenters. The van der Waals surface area contributed by atoms with Gasteiger partial charge in [0.2, 0.25) is 0 Å². The molecule has 0 aliphatic heterocycles. The van der Waals surface area contributed by atoms with E-state index < -0.39 is 0 Å². The van der Waals surface area contributed by atoms with Crippen molar-refractivity contribution in [3.63, 3.8) is 0 Å². The van der Waals surface area contributed by atoms with Crippen LogP contribution in [0.3, 0.4) is 0 Å². The van der Waals surface area contributed by atoms with E-state index >= 15 is 0 Å². The molecule has 0 fully saturated rings. The molecule has 0 bridgehead atoms. The van der Waals surface area contributed by atoms with Gasteiger partial charge in [-0.05, 0) is 26.7 Å². The molecule has 0 aromatic carbocycles. The van der Waals surface area contributed by atoms with Gasteiger partial charge < -0.3 is 5.73 Å². The summed E-state index contributed by atoms with van der Waals surface area (Å²) in [6.07, 6.45) is 9.13. The Morgan fingerprint density at radius 2 is 1.53 bits per heavy atom. The van der Waals surface area contributed by atoms with E-state index in [1.807, 2.05) is 13.8 Å². The first-order chi connectivity index (χ1) is 6.48. The normalized spacial score (nSPS) is 10.9. The van der Waals surface area contributed by atoms with Crippen molar-refractivity contribution in [2.75, 3.05) is 0 Å². The summed E-state index contributed by atoms with van der Waals surface area (Å²) in [7, 11) is 0. The minimum Gasteiger partial charge on any atom is -0.322 e. The molecule has 0 unspecified atom stereocenters. The third-order valence-corrected chi connectivity index (χ3v) is 2.74. The maximum Gasteiger partial charge on any atom is 0.0308 e. The van der Waals surface area contributed by atoms with E-state index in [-0.39, 0.29) is 17.9 Å². The summed E-state index contributed by atoms with van der Waals surface area (Å²) in [6, 6.07) is 0. The number of unbranched alkanes of at least 4 members (excludes halogenated alkanes) is 5. The molecule has 92 valence electrons. The van der Waals surface area contributed by atoms with Gasteiger partial charge in [0.15, 0.2) is 0 Å². The monoisotopic (exact) mass is 233 g/mol. The Labute approximate surface area is 102 Å². The Morgan fingerprint density at radius 3 is 2.00 bits per heavy atom. The first-order valence-electron chi connectivity index (χ1n) is 5.95. The molecule has 0 aliphatic rings. The highest BCUT2D eigenvalue weighted by molar-refractivity contribution is 5.85. The number of hydrogen-bond donors (Lipinski definition) is 1. The van der Waals surface area contributed by atoms with Crippen molar-refractivity contribution in [1.82, 2.24) is 0 Å². The summed E-state index contributed by atoms with van der Waals surface area (Å²) in [5, 5.41) is 0. The van der Waals surface area contributed by atoms with Gasteiger partial charge in [-0.1, -0.05) is 51.2 Å². The van der Waals surface area contributed by atoms with Crippen LogP contribution in [0.4, 0.5) is 0 Å². The Bertz CT molecular complexity index is 158. The smallest absolute Gasteiger partial charge is 0.0308 e. The van der Waals surface area contributed by atoms with Crippen LogP contribution in [0, 0.1) is 0 Å². The maximum atomic E-state index is 5.94. The molecular weight excluding hydrogens is 206 g/mol. The minimum atomic E-state index is -0.191. The summed E-state index contributed by atoms with van der Waals surface area (Å²) in [5.74, 6) is 0. The molecule has 0 aromatic heterocycles. The van der Waals surface area contributed by atoms with E-state index in [2.05, 4.69) is 13.5 Å². The number of nitrogens with two attached hydrogens (primary N) is 1. The molecule has 0 aromatic rings. The molecule has 0 spiro atoms. The highest BCUT2D eigenvalue weighted by atomic mass is 35.5. The molecule has 0 rings (SSSR count). The van der Waals surface area contributed by atoms with Crippen LogP contribution in [0.15, 0.2) is 12.2 Å². The van der Waals surface area contributed by atoms with Gasteiger partial charge in [-0.25, -0.2) is 0 Å². The lowest BCUT2D eigenvalue weighted by molar-refractivity contribution is 0.550. The van der Waals surface area contributed by atoms with Crippen molar-refractivity contribution in [2.45, 2.75) is 71.3 Å². The van der Waals surface area contributed by atoms with Crippen LogP contribution in [-0.4, -0.2) is 5.54 Å². The van der Waals surface area contributed by atoms with Crippen LogP contribution in [0.5, 0.6) is 0 Å². The summed E-state index contributed by atoms with van der Waals surface area (Å²) in [4.78, 5) is 0. The van der Waals surface area contributed by atoms with Gasteiger partial charge in [0.25, 0.3) is 0 Å². The second kappa shape index (κ2) is 9.23. The van der Waals surface area contributed by atoms with E-state index in [0.717, 1.165) is 6.42 Å². The van der Waals surface area contributed by atoms with Crippen molar-refractivity contribution in [1.29, 1.82) is 0 Å². The second-order valence-corrected chi connectivity index (χ2v) is 4.84. The van der Waals surface area contributed by atoms with E-state index in [1.54, 1.807) is 0 Å². The van der Waals surface area contributed by atoms with Crippen molar-refractivity contribution in [3.05, 3.63) is 12.2 Å². The number of hydrogen-bond acceptors (Lipinski definition) is 1. The lowest BCUT2D eigenvalue weighted by Crippen LogP contribution is -2.33. The lowest BCUT2D eigenvalue weighted by Gasteiger charge is -2.21. The molecule has 0 aliphatic carbocycles. The number of halogens is 1. The molecule has 0 radical (unpaired) electrons. The van der Waals surface area contributed by atoms with E-state index in [9.17, 15) is 0 Å². The molecule has 2 N–H and O–H groups in total. The fraction of sp³-hybridized carbons (Fsp3) is 0.846. The Hall–Kier alpha value is -0.0100. The lowest BCUT2D eigenvalue weighted by atomic mass is 9.92. The van der Waals surface area contributed by atoms with Crippen LogP contribution >= 0.6 is 12.4 Å². The first-order valence-corrected chi connectivity index (χ1v) is 5.95. The Morgan fingerprint density at radius 1 is 1.07 bits per heavy atom. The average molecular weight is 234 g/mol. The van der Waals surface area contributed by atoms with Gasteiger partial charge >= 0.3 is 0 Å². The van der Waals surface area contributed by atoms with Gasteiger partial charge in [-0.15, -0.1) is 12.4 Å². The summed E-state index contributed by atoms with van der Waals surface area (Å²) in [5.41, 5.74) is 6.94. The van der Waals surface area contributed by atoms with Gasteiger partial charge in [-0.2, -0.15) is 0 Å². The molecule has 0 saturated carbocycles. The topological polar surface area (TPSA) is 26.0 Å². The SMILES string of the molecule is C=C(CCCCCCCC)C(C)(C)N.Cl. The minimum absolute atomic E-state index is 0. The predicted molar refractivity (Wildman–Crippen MR) is 72.6 cm³/mol. The largest absolute Gasteiger partial charge is 0.322 e. The van der Waals surface area contributed by atoms with Crippen LogP contribution in [0.1, 0.15) is 65.7 Å². The van der Waals surface area contributed by atoms with Gasteiger partial charge in [-0.3, -0.25) is 0 Å². The standard InChI is InChI=1S/C13H27N.ClH/c1-5-6-7-8-9-10-11-12(2)13(3,4)14;/h2,5-11,14H2,1,3-4H3;1H. The van der Waals surface area contributed by atoms with Crippen LogP contribution in [0.25, 0.3) is 0 Å². The molecule has 0 saturated heterocycles. The third-order valence-electron chi connectivity index (χ3n) is 2.74. The van der Waals surface area contributed by atoms with Crippen molar-refractivity contribution in [2.24, 2.45) is 5.73 Å². The van der Waals surface area contributed by atoms with E-state index in [0.29, 0.717) is 0 Å². The van der Waals surface area contributed by atoms with Crippen molar-refractivity contribution >= 4 is 12.4 Å². The van der Waals surface area contributed by atoms with Gasteiger partial charge in [0.1, 0.15) is 0 Å². The molecule has 0 heterocycles. The molecule has 0 amide bonds. The van der Waals surface area contributed by atoms with Crippen LogP contribution < -0.4 is 5.73 Å². The Balaban J connectivity index is 0. The zero-order valence-corrected chi connectivity index (χ0v) is 11.5. The maximum absolute atomic E-state index is 5.94. The molecule has 1 nitrogen and oxygen atoms in total. The van der Waals surface area contributed by atoms with Gasteiger partial charge in [0, 0.05) is 5.54 Å². The Kier molecular flexibility index (Phi) is 10.7. The van der Waals surface area contributed by atoms with Crippen LogP contribution in [-0.2, 0) is 0 Å². The highest BCUT2D eigenvalue weighted by Gasteiger charge is 2.13. The highest BCUT2D eigenvalue weighted by Crippen LogP contribution is 2.18. The fourth-order valence-corrected chi connectivity index (χ4v) is 1.44. The average Bonchev–Trinajstić information content (AvgIpc) is 2.09. The van der Waals surface area contributed by atoms with Crippen LogP contribution in [0.2, 0.25) is 0 Å². The summed E-state index contributed by atoms with van der Waals surface area (Å²) < 4.78 is 0. The van der Waals surface area contributed by atoms with Gasteiger partial charge in [0.05, 0.1) is 0 Å². The summed E-state index contributed by atoms with van der Waals surface area (Å²) in [6.45, 7) is 10.4. The van der Waals surface area contributed by atoms with E-state index in [4.69, 9.17) is 5.73 Å². The van der Waals surface area contributed by atoms with E-state index in [1.165, 1.54) is 44.1 Å². The zero-order chi connectivity index (χ0) is 11.0. The fourth-order valence-electron chi connectivity index (χ4n) is 1.44. The third kappa shape index (κ3) is 10.3. The molecular formula is C13H28ClN. The predicted octanol–water partition coefficient (Wildman–Crippen LogP) is 4.45. The summed E-state index contributed by atoms with van der Waals surface area (Å²) >= 11 is 0. The van der Waals surface area contributed by atoms with Crippen molar-refractivity contribution in [3.8, 4) is 0 Å². The second-order valence-electron chi connectivity index (χ2n) is 4.84. The zero-order valence-electron chi connectivity index (χ0n) is 10.6. The molecule has 2 heteroatoms. The quantitative estimate of drug-likeness (QED) is 0.487. The molecule has 15 heavy (non-hydrogen) atoms. The number of rotatable bonds is 8. The first kappa shape index (κ1) is 17.4. The van der Waals surface area contributed by atoms with Crippen molar-refractivity contribution < 1.29 is 0 Å².